The van der Waals surface area contributed by atoms with Gasteiger partial charge in [0.15, 0.2) is 0 Å². The molecule has 0 bridgehead atoms. The molecule has 0 radical (unpaired) electrons. The lowest BCUT2D eigenvalue weighted by Gasteiger charge is -2.20. The molecule has 0 fully saturated rings. The average Bonchev–Trinajstić information content (AvgIpc) is 3.06. The second-order valence-corrected chi connectivity index (χ2v) is 9.73. The van der Waals surface area contributed by atoms with Crippen LogP contribution in [-0.2, 0) is 15.6 Å². The van der Waals surface area contributed by atoms with Gasteiger partial charge in [-0.2, -0.15) is 0 Å². The van der Waals surface area contributed by atoms with Crippen molar-refractivity contribution in [2.24, 2.45) is 5.92 Å². The van der Waals surface area contributed by atoms with Crippen LogP contribution in [0.4, 0.5) is 4.39 Å². The Balaban J connectivity index is 1.91. The molecule has 2 aromatic rings. The van der Waals surface area contributed by atoms with E-state index in [-0.39, 0.29) is 11.7 Å². The van der Waals surface area contributed by atoms with Crippen molar-refractivity contribution in [3.63, 3.8) is 0 Å². The second kappa shape index (κ2) is 11.0. The molecule has 0 heterocycles. The molecule has 1 aliphatic carbocycles. The van der Waals surface area contributed by atoms with E-state index in [1.54, 1.807) is 12.3 Å². The number of benzene rings is 2. The minimum absolute atomic E-state index is 0.0530. The summed E-state index contributed by atoms with van der Waals surface area (Å²) in [4.78, 5) is 16.0. The van der Waals surface area contributed by atoms with E-state index in [2.05, 4.69) is 24.1 Å². The van der Waals surface area contributed by atoms with Gasteiger partial charge >= 0.3 is 0 Å². The summed E-state index contributed by atoms with van der Waals surface area (Å²) in [5, 5.41) is 3.05. The Morgan fingerprint density at radius 3 is 2.39 bits per heavy atom. The maximum Gasteiger partial charge on any atom is 0.227 e. The highest BCUT2D eigenvalue weighted by Crippen LogP contribution is 2.45. The van der Waals surface area contributed by atoms with Crippen LogP contribution in [0, 0.1) is 11.7 Å². The van der Waals surface area contributed by atoms with Crippen molar-refractivity contribution >= 4 is 33.9 Å². The van der Waals surface area contributed by atoms with Crippen LogP contribution in [0.15, 0.2) is 52.9 Å². The highest BCUT2D eigenvalue weighted by Gasteiger charge is 2.30. The molecule has 0 saturated heterocycles. The molecule has 0 saturated carbocycles. The van der Waals surface area contributed by atoms with Gasteiger partial charge in [-0.3, -0.25) is 9.00 Å². The van der Waals surface area contributed by atoms with Crippen molar-refractivity contribution in [3.05, 3.63) is 70.5 Å². The van der Waals surface area contributed by atoms with E-state index in [1.165, 1.54) is 12.1 Å². The summed E-state index contributed by atoms with van der Waals surface area (Å²) in [6, 6.07) is 12.3. The summed E-state index contributed by atoms with van der Waals surface area (Å²) in [5.74, 6) is -0.773. The van der Waals surface area contributed by atoms with Crippen LogP contribution in [0.1, 0.15) is 44.4 Å². The van der Waals surface area contributed by atoms with E-state index in [9.17, 15) is 13.4 Å². The summed E-state index contributed by atoms with van der Waals surface area (Å²) in [6.07, 6.45) is 3.70. The molecular formula is C27H33FN2O2S. The second-order valence-electron chi connectivity index (χ2n) is 8.35. The first-order chi connectivity index (χ1) is 15.8. The average molecular weight is 469 g/mol. The minimum atomic E-state index is -1.03. The minimum Gasteiger partial charge on any atom is -0.354 e. The third kappa shape index (κ3) is 5.68. The fourth-order valence-corrected chi connectivity index (χ4v) is 4.87. The van der Waals surface area contributed by atoms with Crippen LogP contribution in [-0.4, -0.2) is 47.5 Å². The van der Waals surface area contributed by atoms with Crippen LogP contribution < -0.4 is 5.32 Å². The normalized spacial score (nSPS) is 16.3. The Kier molecular flexibility index (Phi) is 8.38. The number of fused-ring (bicyclic) bond motifs is 1. The fraction of sp³-hybridized carbons (Fsp3) is 0.370. The SMILES string of the molecule is CCN(CC)CCNC(=O)C(C)C1=C(C)/C(=C/c2ccc(S(C)=O)cc2)c2ccc(F)cc21. The molecule has 1 N–H and O–H groups in total. The number of rotatable bonds is 9. The Morgan fingerprint density at radius 2 is 1.79 bits per heavy atom. The standard InChI is InChI=1S/C27H33FN2O2S/c1-6-30(7-2)15-14-29-27(31)19(4)26-18(3)24(23-13-10-21(28)17-25(23)26)16-20-8-11-22(12-9-20)33(5)32/h8-13,16-17,19H,6-7,14-15H2,1-5H3,(H,29,31)/b24-16-. The van der Waals surface area contributed by atoms with E-state index < -0.39 is 16.7 Å². The Hall–Kier alpha value is -2.57. The van der Waals surface area contributed by atoms with Crippen molar-refractivity contribution in [2.45, 2.75) is 32.6 Å². The Labute approximate surface area is 199 Å². The van der Waals surface area contributed by atoms with E-state index in [0.717, 1.165) is 57.9 Å². The number of carbonyl (C=O) groups is 1. The predicted molar refractivity (Wildman–Crippen MR) is 136 cm³/mol. The first kappa shape index (κ1) is 25.1. The molecule has 0 spiro atoms. The zero-order valence-corrected chi connectivity index (χ0v) is 20.9. The van der Waals surface area contributed by atoms with Gasteiger partial charge in [0, 0.05) is 35.0 Å². The van der Waals surface area contributed by atoms with Crippen LogP contribution in [0.2, 0.25) is 0 Å². The monoisotopic (exact) mass is 468 g/mol. The number of amides is 1. The number of nitrogens with one attached hydrogen (secondary N) is 1. The van der Waals surface area contributed by atoms with E-state index in [4.69, 9.17) is 0 Å². The number of hydrogen-bond acceptors (Lipinski definition) is 3. The third-order valence-corrected chi connectivity index (χ3v) is 7.28. The molecule has 1 amide bonds. The zero-order chi connectivity index (χ0) is 24.1. The molecule has 33 heavy (non-hydrogen) atoms. The lowest BCUT2D eigenvalue weighted by Crippen LogP contribution is -2.37. The molecular weight excluding hydrogens is 435 g/mol. The largest absolute Gasteiger partial charge is 0.354 e. The van der Waals surface area contributed by atoms with Gasteiger partial charge in [0.25, 0.3) is 0 Å². The molecule has 1 aliphatic rings. The summed E-state index contributed by atoms with van der Waals surface area (Å²) in [6.45, 7) is 11.4. The molecule has 176 valence electrons. The van der Waals surface area contributed by atoms with Crippen LogP contribution in [0.3, 0.4) is 0 Å². The topological polar surface area (TPSA) is 49.4 Å². The molecule has 6 heteroatoms. The smallest absolute Gasteiger partial charge is 0.227 e. The first-order valence-corrected chi connectivity index (χ1v) is 13.0. The third-order valence-electron chi connectivity index (χ3n) is 6.34. The molecule has 3 rings (SSSR count). The van der Waals surface area contributed by atoms with Gasteiger partial charge in [-0.05, 0) is 90.7 Å². The van der Waals surface area contributed by atoms with Gasteiger partial charge in [-0.25, -0.2) is 4.39 Å². The van der Waals surface area contributed by atoms with E-state index >= 15 is 0 Å². The summed E-state index contributed by atoms with van der Waals surface area (Å²) in [7, 11) is -1.03. The van der Waals surface area contributed by atoms with Crippen molar-refractivity contribution in [2.75, 3.05) is 32.4 Å². The number of carbonyl (C=O) groups excluding carboxylic acids is 1. The summed E-state index contributed by atoms with van der Waals surface area (Å²) < 4.78 is 25.9. The van der Waals surface area contributed by atoms with Crippen molar-refractivity contribution in [3.8, 4) is 0 Å². The van der Waals surface area contributed by atoms with E-state index in [1.807, 2.05) is 44.2 Å². The number of halogens is 1. The molecule has 2 unspecified atom stereocenters. The number of allylic oxidation sites excluding steroid dienone is 2. The number of likely N-dealkylation sites (N-methyl/N-ethyl adjacent to an activating group) is 1. The van der Waals surface area contributed by atoms with Gasteiger partial charge in [0.2, 0.25) is 5.91 Å². The van der Waals surface area contributed by atoms with Crippen molar-refractivity contribution < 1.29 is 13.4 Å². The summed E-state index contributed by atoms with van der Waals surface area (Å²) in [5.41, 5.74) is 5.48. The molecule has 4 nitrogen and oxygen atoms in total. The lowest BCUT2D eigenvalue weighted by molar-refractivity contribution is -0.122. The van der Waals surface area contributed by atoms with Gasteiger partial charge in [-0.1, -0.05) is 32.0 Å². The van der Waals surface area contributed by atoms with Gasteiger partial charge in [0.05, 0.1) is 5.92 Å². The van der Waals surface area contributed by atoms with Gasteiger partial charge in [0.1, 0.15) is 5.82 Å². The Morgan fingerprint density at radius 1 is 1.12 bits per heavy atom. The van der Waals surface area contributed by atoms with Crippen LogP contribution in [0.5, 0.6) is 0 Å². The van der Waals surface area contributed by atoms with Crippen LogP contribution >= 0.6 is 0 Å². The maximum atomic E-state index is 14.2. The van der Waals surface area contributed by atoms with Crippen LogP contribution in [0.25, 0.3) is 17.2 Å². The molecule has 0 aliphatic heterocycles. The van der Waals surface area contributed by atoms with Gasteiger partial charge in [-0.15, -0.1) is 0 Å². The Bertz CT molecular complexity index is 1100. The molecule has 2 atom stereocenters. The number of hydrogen-bond donors (Lipinski definition) is 1. The highest BCUT2D eigenvalue weighted by atomic mass is 32.2. The first-order valence-electron chi connectivity index (χ1n) is 11.4. The quantitative estimate of drug-likeness (QED) is 0.564. The maximum absolute atomic E-state index is 14.2. The fourth-order valence-electron chi connectivity index (χ4n) is 4.35. The van der Waals surface area contributed by atoms with Gasteiger partial charge < -0.3 is 10.2 Å². The zero-order valence-electron chi connectivity index (χ0n) is 20.1. The van der Waals surface area contributed by atoms with E-state index in [0.29, 0.717) is 6.54 Å². The molecule has 0 aromatic heterocycles. The molecule has 2 aromatic carbocycles. The van der Waals surface area contributed by atoms with Crippen molar-refractivity contribution in [1.29, 1.82) is 0 Å². The van der Waals surface area contributed by atoms with Crippen molar-refractivity contribution in [1.82, 2.24) is 10.2 Å². The highest BCUT2D eigenvalue weighted by molar-refractivity contribution is 7.84. The predicted octanol–water partition coefficient (Wildman–Crippen LogP) is 4.98. The summed E-state index contributed by atoms with van der Waals surface area (Å²) >= 11 is 0. The lowest BCUT2D eigenvalue weighted by atomic mass is 9.93. The number of nitrogens with zero attached hydrogens (tertiary/aromatic N) is 1.